The number of nitrogens with two attached hydrogens (primary N) is 1. The van der Waals surface area contributed by atoms with E-state index in [0.29, 0.717) is 35.2 Å². The SMILES string of the molecule is Cc1ccc(NC(=O)NCCOc2ccc(Cl)cc2)cc1C(N)=O. The molecule has 2 aromatic rings. The normalized spacial score (nSPS) is 10.1. The van der Waals surface area contributed by atoms with Gasteiger partial charge in [0.25, 0.3) is 0 Å². The highest BCUT2D eigenvalue weighted by Gasteiger charge is 2.08. The lowest BCUT2D eigenvalue weighted by Crippen LogP contribution is -2.32. The van der Waals surface area contributed by atoms with Gasteiger partial charge in [-0.25, -0.2) is 4.79 Å². The molecular formula is C17H18ClN3O3. The topological polar surface area (TPSA) is 93.4 Å². The summed E-state index contributed by atoms with van der Waals surface area (Å²) in [6.45, 7) is 2.41. The molecule has 24 heavy (non-hydrogen) atoms. The van der Waals surface area contributed by atoms with Crippen molar-refractivity contribution in [1.29, 1.82) is 0 Å². The molecule has 0 aliphatic rings. The molecule has 0 fully saturated rings. The van der Waals surface area contributed by atoms with Crippen molar-refractivity contribution in [2.45, 2.75) is 6.92 Å². The van der Waals surface area contributed by atoms with Gasteiger partial charge in [0.15, 0.2) is 0 Å². The molecule has 4 N–H and O–H groups in total. The van der Waals surface area contributed by atoms with Crippen molar-refractivity contribution in [1.82, 2.24) is 5.32 Å². The summed E-state index contributed by atoms with van der Waals surface area (Å²) in [5, 5.41) is 5.93. The number of rotatable bonds is 6. The third-order valence-electron chi connectivity index (χ3n) is 3.23. The second-order valence-corrected chi connectivity index (χ2v) is 5.51. The van der Waals surface area contributed by atoms with Crippen LogP contribution in [0.3, 0.4) is 0 Å². The maximum absolute atomic E-state index is 11.8. The van der Waals surface area contributed by atoms with E-state index in [9.17, 15) is 9.59 Å². The van der Waals surface area contributed by atoms with Gasteiger partial charge in [0.1, 0.15) is 12.4 Å². The Balaban J connectivity index is 1.78. The van der Waals surface area contributed by atoms with Gasteiger partial charge >= 0.3 is 6.03 Å². The zero-order chi connectivity index (χ0) is 17.5. The first kappa shape index (κ1) is 17.6. The number of hydrogen-bond donors (Lipinski definition) is 3. The van der Waals surface area contributed by atoms with Crippen molar-refractivity contribution in [3.63, 3.8) is 0 Å². The van der Waals surface area contributed by atoms with Crippen LogP contribution in [-0.2, 0) is 0 Å². The molecule has 7 heteroatoms. The van der Waals surface area contributed by atoms with Gasteiger partial charge in [-0.15, -0.1) is 0 Å². The molecule has 2 aromatic carbocycles. The maximum Gasteiger partial charge on any atom is 0.319 e. The second kappa shape index (κ2) is 8.21. The van der Waals surface area contributed by atoms with E-state index in [0.717, 1.165) is 5.56 Å². The minimum Gasteiger partial charge on any atom is -0.492 e. The van der Waals surface area contributed by atoms with Gasteiger partial charge in [-0.2, -0.15) is 0 Å². The van der Waals surface area contributed by atoms with Gasteiger partial charge < -0.3 is 21.1 Å². The number of amides is 3. The minimum absolute atomic E-state index is 0.315. The minimum atomic E-state index is -0.534. The van der Waals surface area contributed by atoms with E-state index in [1.807, 2.05) is 0 Å². The summed E-state index contributed by atoms with van der Waals surface area (Å²) in [6.07, 6.45) is 0. The van der Waals surface area contributed by atoms with Gasteiger partial charge in [0, 0.05) is 16.3 Å². The summed E-state index contributed by atoms with van der Waals surface area (Å²) in [4.78, 5) is 23.1. The molecule has 126 valence electrons. The lowest BCUT2D eigenvalue weighted by molar-refractivity contribution is 0.0999. The van der Waals surface area contributed by atoms with Crippen molar-refractivity contribution < 1.29 is 14.3 Å². The molecule has 0 atom stereocenters. The van der Waals surface area contributed by atoms with Crippen molar-refractivity contribution in [3.8, 4) is 5.75 Å². The highest BCUT2D eigenvalue weighted by Crippen LogP contribution is 2.16. The Bertz CT molecular complexity index is 732. The van der Waals surface area contributed by atoms with E-state index in [4.69, 9.17) is 22.1 Å². The Morgan fingerprint density at radius 1 is 1.17 bits per heavy atom. The number of halogens is 1. The summed E-state index contributed by atoms with van der Waals surface area (Å²) in [6, 6.07) is 11.5. The monoisotopic (exact) mass is 347 g/mol. The third-order valence-corrected chi connectivity index (χ3v) is 3.48. The van der Waals surface area contributed by atoms with Crippen LogP contribution < -0.4 is 21.1 Å². The van der Waals surface area contributed by atoms with Crippen LogP contribution in [0, 0.1) is 6.92 Å². The van der Waals surface area contributed by atoms with Crippen LogP contribution in [-0.4, -0.2) is 25.1 Å². The van der Waals surface area contributed by atoms with E-state index in [1.165, 1.54) is 0 Å². The molecule has 0 heterocycles. The summed E-state index contributed by atoms with van der Waals surface area (Å²) >= 11 is 5.78. The summed E-state index contributed by atoms with van der Waals surface area (Å²) in [7, 11) is 0. The predicted molar refractivity (Wildman–Crippen MR) is 93.7 cm³/mol. The Morgan fingerprint density at radius 2 is 1.88 bits per heavy atom. The van der Waals surface area contributed by atoms with Crippen molar-refractivity contribution in [3.05, 3.63) is 58.6 Å². The molecule has 0 aliphatic carbocycles. The average molecular weight is 348 g/mol. The number of carbonyl (C=O) groups is 2. The number of nitrogens with one attached hydrogen (secondary N) is 2. The number of anilines is 1. The average Bonchev–Trinajstić information content (AvgIpc) is 2.55. The van der Waals surface area contributed by atoms with Crippen molar-refractivity contribution in [2.75, 3.05) is 18.5 Å². The Hall–Kier alpha value is -2.73. The lowest BCUT2D eigenvalue weighted by Gasteiger charge is -2.10. The number of urea groups is 1. The summed E-state index contributed by atoms with van der Waals surface area (Å²) in [5.41, 5.74) is 6.90. The summed E-state index contributed by atoms with van der Waals surface area (Å²) in [5.74, 6) is 0.138. The van der Waals surface area contributed by atoms with Crippen LogP contribution in [0.1, 0.15) is 15.9 Å². The Morgan fingerprint density at radius 3 is 2.54 bits per heavy atom. The van der Waals surface area contributed by atoms with E-state index < -0.39 is 11.9 Å². The van der Waals surface area contributed by atoms with Gasteiger partial charge in [0.05, 0.1) is 6.54 Å². The number of aryl methyl sites for hydroxylation is 1. The van der Waals surface area contributed by atoms with Crippen LogP contribution in [0.5, 0.6) is 5.75 Å². The Kier molecular flexibility index (Phi) is 6.03. The number of carbonyl (C=O) groups excluding carboxylic acids is 2. The fourth-order valence-corrected chi connectivity index (χ4v) is 2.13. The van der Waals surface area contributed by atoms with Crippen LogP contribution in [0.25, 0.3) is 0 Å². The van der Waals surface area contributed by atoms with Crippen LogP contribution in [0.2, 0.25) is 5.02 Å². The Labute approximate surface area is 144 Å². The van der Waals surface area contributed by atoms with Gasteiger partial charge in [-0.05, 0) is 48.9 Å². The molecule has 0 bridgehead atoms. The molecule has 3 amide bonds. The fourth-order valence-electron chi connectivity index (χ4n) is 2.00. The summed E-state index contributed by atoms with van der Waals surface area (Å²) < 4.78 is 5.47. The zero-order valence-corrected chi connectivity index (χ0v) is 13.9. The van der Waals surface area contributed by atoms with Gasteiger partial charge in [0.2, 0.25) is 5.91 Å². The fraction of sp³-hybridized carbons (Fsp3) is 0.176. The molecule has 0 unspecified atom stereocenters. The maximum atomic E-state index is 11.8. The first-order valence-corrected chi connectivity index (χ1v) is 7.67. The quantitative estimate of drug-likeness (QED) is 0.701. The molecule has 0 saturated heterocycles. The zero-order valence-electron chi connectivity index (χ0n) is 13.1. The molecule has 0 aliphatic heterocycles. The number of hydrogen-bond acceptors (Lipinski definition) is 3. The molecule has 0 aromatic heterocycles. The van der Waals surface area contributed by atoms with Crippen molar-refractivity contribution >= 4 is 29.2 Å². The largest absolute Gasteiger partial charge is 0.492 e. The third kappa shape index (κ3) is 5.17. The highest BCUT2D eigenvalue weighted by molar-refractivity contribution is 6.30. The van der Waals surface area contributed by atoms with Crippen LogP contribution >= 0.6 is 11.6 Å². The molecule has 6 nitrogen and oxygen atoms in total. The standard InChI is InChI=1S/C17H18ClN3O3/c1-11-2-5-13(10-15(11)16(19)22)21-17(23)20-8-9-24-14-6-3-12(18)4-7-14/h2-7,10H,8-9H2,1H3,(H2,19,22)(H2,20,21,23). The first-order valence-electron chi connectivity index (χ1n) is 7.29. The first-order chi connectivity index (χ1) is 11.5. The smallest absolute Gasteiger partial charge is 0.319 e. The lowest BCUT2D eigenvalue weighted by atomic mass is 10.1. The van der Waals surface area contributed by atoms with Crippen molar-refractivity contribution in [2.24, 2.45) is 5.73 Å². The molecule has 2 rings (SSSR count). The van der Waals surface area contributed by atoms with E-state index in [1.54, 1.807) is 49.4 Å². The van der Waals surface area contributed by atoms with E-state index >= 15 is 0 Å². The number of primary amides is 1. The predicted octanol–water partition coefficient (Wildman–Crippen LogP) is 2.95. The number of benzene rings is 2. The highest BCUT2D eigenvalue weighted by atomic mass is 35.5. The second-order valence-electron chi connectivity index (χ2n) is 5.08. The van der Waals surface area contributed by atoms with E-state index in [-0.39, 0.29) is 0 Å². The molecule has 0 radical (unpaired) electrons. The number of ether oxygens (including phenoxy) is 1. The van der Waals surface area contributed by atoms with Crippen LogP contribution in [0.15, 0.2) is 42.5 Å². The van der Waals surface area contributed by atoms with Gasteiger partial charge in [-0.3, -0.25) is 4.79 Å². The van der Waals surface area contributed by atoms with E-state index in [2.05, 4.69) is 10.6 Å². The molecule has 0 saturated carbocycles. The molecular weight excluding hydrogens is 330 g/mol. The van der Waals surface area contributed by atoms with Crippen LogP contribution in [0.4, 0.5) is 10.5 Å². The van der Waals surface area contributed by atoms with Gasteiger partial charge in [-0.1, -0.05) is 17.7 Å². The molecule has 0 spiro atoms.